The third-order valence-corrected chi connectivity index (χ3v) is 4.77. The van der Waals surface area contributed by atoms with E-state index < -0.39 is 5.60 Å². The first-order valence-corrected chi connectivity index (χ1v) is 7.86. The average molecular weight is 282 g/mol. The van der Waals surface area contributed by atoms with Gasteiger partial charge in [0.15, 0.2) is 0 Å². The van der Waals surface area contributed by atoms with Gasteiger partial charge in [-0.25, -0.2) is 0 Å². The van der Waals surface area contributed by atoms with Crippen molar-refractivity contribution in [3.63, 3.8) is 0 Å². The molecule has 2 aromatic carbocycles. The lowest BCUT2D eigenvalue weighted by Crippen LogP contribution is -3.11. The lowest BCUT2D eigenvalue weighted by Gasteiger charge is -2.40. The first kappa shape index (κ1) is 14.3. The Hall–Kier alpha value is -1.64. The van der Waals surface area contributed by atoms with Crippen molar-refractivity contribution in [2.45, 2.75) is 18.4 Å². The summed E-state index contributed by atoms with van der Waals surface area (Å²) in [6, 6.07) is 20.3. The molecule has 2 N–H and O–H groups in total. The van der Waals surface area contributed by atoms with Crippen molar-refractivity contribution < 1.29 is 10.0 Å². The summed E-state index contributed by atoms with van der Waals surface area (Å²) >= 11 is 0. The van der Waals surface area contributed by atoms with E-state index in [9.17, 15) is 5.11 Å². The van der Waals surface area contributed by atoms with Crippen LogP contribution < -0.4 is 4.90 Å². The lowest BCUT2D eigenvalue weighted by atomic mass is 9.73. The molecule has 1 fully saturated rings. The first-order chi connectivity index (χ1) is 10.2. The lowest BCUT2D eigenvalue weighted by molar-refractivity contribution is -0.889. The van der Waals surface area contributed by atoms with Crippen LogP contribution in [0.5, 0.6) is 0 Å². The van der Waals surface area contributed by atoms with Gasteiger partial charge in [-0.3, -0.25) is 0 Å². The van der Waals surface area contributed by atoms with E-state index in [-0.39, 0.29) is 5.92 Å². The van der Waals surface area contributed by atoms with Crippen molar-refractivity contribution >= 4 is 0 Å². The molecule has 0 amide bonds. The minimum absolute atomic E-state index is 0.260. The van der Waals surface area contributed by atoms with Gasteiger partial charge < -0.3 is 10.0 Å². The molecule has 3 rings (SSSR count). The van der Waals surface area contributed by atoms with E-state index in [2.05, 4.69) is 31.3 Å². The number of quaternary nitrogens is 1. The third kappa shape index (κ3) is 2.74. The zero-order valence-corrected chi connectivity index (χ0v) is 12.6. The molecule has 2 heteroatoms. The number of benzene rings is 2. The maximum Gasteiger partial charge on any atom is 0.123 e. The van der Waals surface area contributed by atoms with Crippen LogP contribution in [0.2, 0.25) is 0 Å². The topological polar surface area (TPSA) is 24.7 Å². The van der Waals surface area contributed by atoms with Crippen molar-refractivity contribution in [3.8, 4) is 0 Å². The van der Waals surface area contributed by atoms with Crippen LogP contribution in [0.4, 0.5) is 0 Å². The summed E-state index contributed by atoms with van der Waals surface area (Å²) < 4.78 is 0. The smallest absolute Gasteiger partial charge is 0.123 e. The minimum Gasteiger partial charge on any atom is -0.380 e. The summed E-state index contributed by atoms with van der Waals surface area (Å²) in [4.78, 5) is 1.51. The van der Waals surface area contributed by atoms with Crippen LogP contribution in [0.1, 0.15) is 24.0 Å². The molecular formula is C19H24NO+. The van der Waals surface area contributed by atoms with Gasteiger partial charge in [0, 0.05) is 5.92 Å². The second-order valence-corrected chi connectivity index (χ2v) is 6.25. The summed E-state index contributed by atoms with van der Waals surface area (Å²) in [6.07, 6.45) is 2.26. The van der Waals surface area contributed by atoms with E-state index in [1.165, 1.54) is 17.9 Å². The van der Waals surface area contributed by atoms with Crippen LogP contribution in [0.3, 0.4) is 0 Å². The fourth-order valence-corrected chi connectivity index (χ4v) is 3.65. The summed E-state index contributed by atoms with van der Waals surface area (Å²) in [5.74, 6) is 0.260. The largest absolute Gasteiger partial charge is 0.380 e. The number of nitrogens with one attached hydrogen (secondary N) is 1. The molecule has 2 atom stereocenters. The predicted molar refractivity (Wildman–Crippen MR) is 85.2 cm³/mol. The molecule has 110 valence electrons. The van der Waals surface area contributed by atoms with E-state index in [0.29, 0.717) is 0 Å². The normalized spacial score (nSPS) is 23.0. The quantitative estimate of drug-likeness (QED) is 0.882. The van der Waals surface area contributed by atoms with E-state index >= 15 is 0 Å². The van der Waals surface area contributed by atoms with Crippen molar-refractivity contribution in [2.24, 2.45) is 5.92 Å². The Morgan fingerprint density at radius 1 is 0.952 bits per heavy atom. The standard InChI is InChI=1S/C19H23NO/c1-20-14-8-13-18(15-20)19(21,16-9-4-2-5-10-16)17-11-6-3-7-12-17/h2-7,9-12,18,21H,8,13-15H2,1H3/p+1/t18-/m1/s1. The summed E-state index contributed by atoms with van der Waals surface area (Å²) in [5, 5.41) is 11.7. The van der Waals surface area contributed by atoms with Crippen LogP contribution in [-0.2, 0) is 5.60 Å². The molecule has 1 saturated heterocycles. The zero-order chi connectivity index (χ0) is 14.7. The highest BCUT2D eigenvalue weighted by atomic mass is 16.3. The molecule has 0 radical (unpaired) electrons. The van der Waals surface area contributed by atoms with Gasteiger partial charge >= 0.3 is 0 Å². The molecule has 1 aliphatic heterocycles. The number of piperidine rings is 1. The van der Waals surface area contributed by atoms with Gasteiger partial charge in [-0.2, -0.15) is 0 Å². The Kier molecular flexibility index (Phi) is 4.09. The molecule has 2 aromatic rings. The Balaban J connectivity index is 2.07. The molecule has 0 aliphatic carbocycles. The first-order valence-electron chi connectivity index (χ1n) is 7.86. The number of aliphatic hydroxyl groups is 1. The summed E-state index contributed by atoms with van der Waals surface area (Å²) in [7, 11) is 2.22. The maximum atomic E-state index is 11.7. The number of hydrogen-bond donors (Lipinski definition) is 2. The Bertz CT molecular complexity index is 527. The molecule has 1 heterocycles. The molecule has 21 heavy (non-hydrogen) atoms. The van der Waals surface area contributed by atoms with Gasteiger partial charge in [-0.1, -0.05) is 60.7 Å². The molecule has 0 bridgehead atoms. The Morgan fingerprint density at radius 2 is 1.48 bits per heavy atom. The molecule has 2 nitrogen and oxygen atoms in total. The summed E-state index contributed by atoms with van der Waals surface area (Å²) in [6.45, 7) is 2.22. The van der Waals surface area contributed by atoms with E-state index in [1.807, 2.05) is 36.4 Å². The highest BCUT2D eigenvalue weighted by Gasteiger charge is 2.42. The third-order valence-electron chi connectivity index (χ3n) is 4.77. The minimum atomic E-state index is -0.885. The van der Waals surface area contributed by atoms with Gasteiger partial charge in [-0.15, -0.1) is 0 Å². The van der Waals surface area contributed by atoms with Crippen molar-refractivity contribution in [1.29, 1.82) is 0 Å². The van der Waals surface area contributed by atoms with Crippen molar-refractivity contribution in [2.75, 3.05) is 20.1 Å². The fraction of sp³-hybridized carbons (Fsp3) is 0.368. The fourth-order valence-electron chi connectivity index (χ4n) is 3.65. The van der Waals surface area contributed by atoms with Crippen LogP contribution in [0, 0.1) is 5.92 Å². The van der Waals surface area contributed by atoms with E-state index in [0.717, 1.165) is 24.1 Å². The van der Waals surface area contributed by atoms with Crippen LogP contribution in [0.25, 0.3) is 0 Å². The van der Waals surface area contributed by atoms with Crippen molar-refractivity contribution in [3.05, 3.63) is 71.8 Å². The Labute approximate surface area is 127 Å². The molecule has 1 unspecified atom stereocenters. The highest BCUT2D eigenvalue weighted by molar-refractivity contribution is 5.37. The SMILES string of the molecule is C[NH+]1CCC[C@@H](C(O)(c2ccccc2)c2ccccc2)C1. The van der Waals surface area contributed by atoms with E-state index in [1.54, 1.807) is 0 Å². The number of likely N-dealkylation sites (tertiary alicyclic amines) is 1. The van der Waals surface area contributed by atoms with Crippen molar-refractivity contribution in [1.82, 2.24) is 0 Å². The number of hydrogen-bond acceptors (Lipinski definition) is 1. The average Bonchev–Trinajstić information content (AvgIpc) is 2.56. The van der Waals surface area contributed by atoms with Crippen LogP contribution in [0.15, 0.2) is 60.7 Å². The molecular weight excluding hydrogens is 258 g/mol. The van der Waals surface area contributed by atoms with Gasteiger partial charge in [0.25, 0.3) is 0 Å². The second-order valence-electron chi connectivity index (χ2n) is 6.25. The number of rotatable bonds is 3. The van der Waals surface area contributed by atoms with Gasteiger partial charge in [-0.05, 0) is 24.0 Å². The zero-order valence-electron chi connectivity index (χ0n) is 12.6. The molecule has 1 aliphatic rings. The second kappa shape index (κ2) is 6.00. The molecule has 0 aromatic heterocycles. The van der Waals surface area contributed by atoms with Crippen LogP contribution in [-0.4, -0.2) is 25.2 Å². The van der Waals surface area contributed by atoms with Gasteiger partial charge in [0.2, 0.25) is 0 Å². The van der Waals surface area contributed by atoms with Crippen LogP contribution >= 0.6 is 0 Å². The monoisotopic (exact) mass is 282 g/mol. The molecule has 0 spiro atoms. The van der Waals surface area contributed by atoms with Gasteiger partial charge in [0.05, 0.1) is 20.1 Å². The Morgan fingerprint density at radius 3 is 1.95 bits per heavy atom. The maximum absolute atomic E-state index is 11.7. The highest BCUT2D eigenvalue weighted by Crippen LogP contribution is 2.39. The van der Waals surface area contributed by atoms with E-state index in [4.69, 9.17) is 0 Å². The summed E-state index contributed by atoms with van der Waals surface area (Å²) in [5.41, 5.74) is 1.14. The predicted octanol–water partition coefficient (Wildman–Crippen LogP) is 1.85. The van der Waals surface area contributed by atoms with Gasteiger partial charge in [0.1, 0.15) is 5.60 Å². The molecule has 0 saturated carbocycles.